The maximum Gasteiger partial charge on any atom is 0.509 e. The third kappa shape index (κ3) is 2.67. The standard InChI is InChI=1S/C20H18N2O5/c1-24-20(23)27-17-9-13-12-4-2-3-5-14(12)21-19(13)18(22-17)11-6-7-15-16(8-11)26-10-25-15/h2-8,17-18,21-22H,9-10H2,1H3/t17-,18-/m1/s1. The molecule has 0 radical (unpaired) electrons. The molecule has 2 N–H and O–H groups in total. The van der Waals surface area contributed by atoms with E-state index in [1.165, 1.54) is 7.11 Å². The largest absolute Gasteiger partial charge is 0.509 e. The highest BCUT2D eigenvalue weighted by Crippen LogP contribution is 2.39. The van der Waals surface area contributed by atoms with Crippen LogP contribution in [0, 0.1) is 0 Å². The van der Waals surface area contributed by atoms with Crippen LogP contribution in [0.25, 0.3) is 10.9 Å². The molecule has 2 aromatic carbocycles. The zero-order chi connectivity index (χ0) is 18.4. The number of aromatic nitrogens is 1. The third-order valence-electron chi connectivity index (χ3n) is 5.01. The topological polar surface area (TPSA) is 81.8 Å². The summed E-state index contributed by atoms with van der Waals surface area (Å²) in [5.74, 6) is 1.44. The van der Waals surface area contributed by atoms with E-state index in [2.05, 4.69) is 21.1 Å². The molecule has 1 aromatic heterocycles. The van der Waals surface area contributed by atoms with Crippen molar-refractivity contribution in [3.05, 3.63) is 59.3 Å². The van der Waals surface area contributed by atoms with Crippen molar-refractivity contribution in [1.29, 1.82) is 0 Å². The molecule has 138 valence electrons. The van der Waals surface area contributed by atoms with Crippen LogP contribution >= 0.6 is 0 Å². The van der Waals surface area contributed by atoms with Crippen LogP contribution < -0.4 is 14.8 Å². The van der Waals surface area contributed by atoms with Gasteiger partial charge in [-0.05, 0) is 29.3 Å². The van der Waals surface area contributed by atoms with Gasteiger partial charge in [-0.1, -0.05) is 24.3 Å². The number of aromatic amines is 1. The van der Waals surface area contributed by atoms with Crippen molar-refractivity contribution in [2.45, 2.75) is 18.7 Å². The number of nitrogens with one attached hydrogen (secondary N) is 2. The number of benzene rings is 2. The molecule has 7 heteroatoms. The normalized spacial score (nSPS) is 20.3. The number of carbonyl (C=O) groups is 1. The van der Waals surface area contributed by atoms with Gasteiger partial charge in [0.15, 0.2) is 17.7 Å². The molecule has 0 aliphatic carbocycles. The van der Waals surface area contributed by atoms with E-state index >= 15 is 0 Å². The lowest BCUT2D eigenvalue weighted by Gasteiger charge is -2.31. The minimum Gasteiger partial charge on any atom is -0.454 e. The van der Waals surface area contributed by atoms with Gasteiger partial charge in [0.1, 0.15) is 0 Å². The molecule has 2 atom stereocenters. The van der Waals surface area contributed by atoms with E-state index in [1.54, 1.807) is 0 Å². The van der Waals surface area contributed by atoms with E-state index in [0.29, 0.717) is 12.2 Å². The van der Waals surface area contributed by atoms with Crippen molar-refractivity contribution < 1.29 is 23.7 Å². The minimum atomic E-state index is -0.708. The smallest absolute Gasteiger partial charge is 0.454 e. The minimum absolute atomic E-state index is 0.190. The van der Waals surface area contributed by atoms with Gasteiger partial charge in [-0.25, -0.2) is 4.79 Å². The number of para-hydroxylation sites is 1. The average molecular weight is 366 g/mol. The van der Waals surface area contributed by atoms with Crippen LogP contribution in [0.15, 0.2) is 42.5 Å². The summed E-state index contributed by atoms with van der Waals surface area (Å²) in [5, 5.41) is 4.52. The van der Waals surface area contributed by atoms with Crippen molar-refractivity contribution >= 4 is 17.1 Å². The number of ether oxygens (including phenoxy) is 4. The SMILES string of the molecule is COC(=O)O[C@@H]1Cc2c([nH]c3ccccc23)[C@@H](c2ccc3c(c2)OCO3)N1. The highest BCUT2D eigenvalue weighted by atomic mass is 16.7. The molecule has 5 rings (SSSR count). The maximum atomic E-state index is 11.7. The van der Waals surface area contributed by atoms with E-state index in [0.717, 1.165) is 33.5 Å². The molecule has 2 aliphatic heterocycles. The van der Waals surface area contributed by atoms with Gasteiger partial charge in [0.25, 0.3) is 0 Å². The molecule has 3 heterocycles. The van der Waals surface area contributed by atoms with Crippen LogP contribution in [0.1, 0.15) is 22.9 Å². The summed E-state index contributed by atoms with van der Waals surface area (Å²) in [4.78, 5) is 15.2. The molecule has 7 nitrogen and oxygen atoms in total. The van der Waals surface area contributed by atoms with Gasteiger partial charge in [0.05, 0.1) is 13.2 Å². The van der Waals surface area contributed by atoms with Crippen molar-refractivity contribution in [2.24, 2.45) is 0 Å². The second-order valence-electron chi connectivity index (χ2n) is 6.54. The van der Waals surface area contributed by atoms with E-state index in [4.69, 9.17) is 14.2 Å². The molecule has 0 unspecified atom stereocenters. The van der Waals surface area contributed by atoms with Crippen molar-refractivity contribution in [2.75, 3.05) is 13.9 Å². The lowest BCUT2D eigenvalue weighted by Crippen LogP contribution is -2.42. The van der Waals surface area contributed by atoms with Crippen LogP contribution in [-0.4, -0.2) is 31.3 Å². The Bertz CT molecular complexity index is 1030. The number of rotatable bonds is 2. The Balaban J connectivity index is 1.60. The Labute approximate surface area is 155 Å². The molecule has 0 amide bonds. The van der Waals surface area contributed by atoms with Gasteiger partial charge in [-0.2, -0.15) is 0 Å². The van der Waals surface area contributed by atoms with Crippen LogP contribution in [-0.2, 0) is 15.9 Å². The predicted octanol–water partition coefficient (Wildman–Crippen LogP) is 3.24. The summed E-state index contributed by atoms with van der Waals surface area (Å²) in [6.07, 6.45) is -0.657. The second kappa shape index (κ2) is 6.21. The van der Waals surface area contributed by atoms with Gasteiger partial charge >= 0.3 is 6.16 Å². The van der Waals surface area contributed by atoms with E-state index in [-0.39, 0.29) is 12.8 Å². The average Bonchev–Trinajstić information content (AvgIpc) is 3.31. The molecule has 0 saturated heterocycles. The Hall–Kier alpha value is -3.19. The molecule has 3 aromatic rings. The van der Waals surface area contributed by atoms with Crippen LogP contribution in [0.2, 0.25) is 0 Å². The number of carbonyl (C=O) groups excluding carboxylic acids is 1. The second-order valence-corrected chi connectivity index (χ2v) is 6.54. The Morgan fingerprint density at radius 3 is 2.89 bits per heavy atom. The van der Waals surface area contributed by atoms with E-state index in [1.807, 2.05) is 36.4 Å². The lowest BCUT2D eigenvalue weighted by atomic mass is 9.93. The van der Waals surface area contributed by atoms with Crippen molar-refractivity contribution in [3.63, 3.8) is 0 Å². The summed E-state index contributed by atoms with van der Waals surface area (Å²) >= 11 is 0. The molecule has 0 spiro atoms. The fourth-order valence-electron chi connectivity index (χ4n) is 3.80. The molecule has 27 heavy (non-hydrogen) atoms. The fraction of sp³-hybridized carbons (Fsp3) is 0.250. The Morgan fingerprint density at radius 2 is 2.00 bits per heavy atom. The third-order valence-corrected chi connectivity index (χ3v) is 5.01. The van der Waals surface area contributed by atoms with Crippen LogP contribution in [0.5, 0.6) is 11.5 Å². The zero-order valence-corrected chi connectivity index (χ0v) is 14.7. The Kier molecular flexibility index (Phi) is 3.68. The summed E-state index contributed by atoms with van der Waals surface area (Å²) in [6, 6.07) is 13.8. The summed E-state index contributed by atoms with van der Waals surface area (Å²) in [5.41, 5.74) is 4.22. The van der Waals surface area contributed by atoms with E-state index < -0.39 is 12.4 Å². The van der Waals surface area contributed by atoms with Gasteiger partial charge in [0, 0.05) is 23.0 Å². The molecule has 0 fully saturated rings. The molecular formula is C20H18N2O5. The van der Waals surface area contributed by atoms with Crippen molar-refractivity contribution in [1.82, 2.24) is 10.3 Å². The highest BCUT2D eigenvalue weighted by molar-refractivity contribution is 5.85. The fourth-order valence-corrected chi connectivity index (χ4v) is 3.80. The Morgan fingerprint density at radius 1 is 1.15 bits per heavy atom. The van der Waals surface area contributed by atoms with Gasteiger partial charge in [-0.3, -0.25) is 5.32 Å². The highest BCUT2D eigenvalue weighted by Gasteiger charge is 2.33. The maximum absolute atomic E-state index is 11.7. The van der Waals surface area contributed by atoms with Gasteiger partial charge in [-0.15, -0.1) is 0 Å². The number of H-pyrrole nitrogens is 1. The first-order valence-electron chi connectivity index (χ1n) is 8.72. The number of fused-ring (bicyclic) bond motifs is 4. The molecule has 0 saturated carbocycles. The van der Waals surface area contributed by atoms with Gasteiger partial charge in [0.2, 0.25) is 6.79 Å². The number of hydrogen-bond donors (Lipinski definition) is 2. The summed E-state index contributed by atoms with van der Waals surface area (Å²) in [7, 11) is 1.30. The predicted molar refractivity (Wildman–Crippen MR) is 96.8 cm³/mol. The van der Waals surface area contributed by atoms with Gasteiger partial charge < -0.3 is 23.9 Å². The zero-order valence-electron chi connectivity index (χ0n) is 14.7. The molecule has 2 aliphatic rings. The molecule has 0 bridgehead atoms. The van der Waals surface area contributed by atoms with E-state index in [9.17, 15) is 4.79 Å². The first-order chi connectivity index (χ1) is 13.2. The lowest BCUT2D eigenvalue weighted by molar-refractivity contribution is 0.0175. The van der Waals surface area contributed by atoms with Crippen LogP contribution in [0.4, 0.5) is 4.79 Å². The first kappa shape index (κ1) is 16.0. The summed E-state index contributed by atoms with van der Waals surface area (Å²) < 4.78 is 21.0. The van der Waals surface area contributed by atoms with Crippen molar-refractivity contribution in [3.8, 4) is 11.5 Å². The van der Waals surface area contributed by atoms with Crippen LogP contribution in [0.3, 0.4) is 0 Å². The summed E-state index contributed by atoms with van der Waals surface area (Å²) in [6.45, 7) is 0.225. The monoisotopic (exact) mass is 366 g/mol. The first-order valence-corrected chi connectivity index (χ1v) is 8.72. The molecular weight excluding hydrogens is 348 g/mol. The number of methoxy groups -OCH3 is 1. The quantitative estimate of drug-likeness (QED) is 0.678. The number of hydrogen-bond acceptors (Lipinski definition) is 6.